The van der Waals surface area contributed by atoms with Crippen molar-refractivity contribution in [3.05, 3.63) is 24.1 Å². The van der Waals surface area contributed by atoms with Crippen LogP contribution in [0.15, 0.2) is 22.6 Å². The molecule has 0 spiro atoms. The van der Waals surface area contributed by atoms with Gasteiger partial charge in [0, 0.05) is 17.6 Å². The van der Waals surface area contributed by atoms with E-state index >= 15 is 0 Å². The molecule has 0 bridgehead atoms. The smallest absolute Gasteiger partial charge is 0.198 e. The second-order valence-corrected chi connectivity index (χ2v) is 6.58. The van der Waals surface area contributed by atoms with Gasteiger partial charge in [-0.05, 0) is 70.4 Å². The van der Waals surface area contributed by atoms with Gasteiger partial charge in [0.25, 0.3) is 0 Å². The molecule has 2 aliphatic rings. The molecule has 1 aliphatic heterocycles. The molecule has 1 aliphatic carbocycles. The summed E-state index contributed by atoms with van der Waals surface area (Å²) in [5.41, 5.74) is 3.09. The molecule has 1 atom stereocenters. The monoisotopic (exact) mass is 285 g/mol. The van der Waals surface area contributed by atoms with Crippen molar-refractivity contribution in [2.24, 2.45) is 0 Å². The van der Waals surface area contributed by atoms with Gasteiger partial charge in [0.2, 0.25) is 0 Å². The number of nitrogens with one attached hydrogen (secondary N) is 1. The third-order valence-electron chi connectivity index (χ3n) is 4.65. The second kappa shape index (κ2) is 5.34. The molecular weight excluding hydrogens is 262 g/mol. The number of fused-ring (bicyclic) bond motifs is 1. The average Bonchev–Trinajstić information content (AvgIpc) is 3.26. The highest BCUT2D eigenvalue weighted by Crippen LogP contribution is 2.40. The lowest BCUT2D eigenvalue weighted by atomic mass is 10.1. The summed E-state index contributed by atoms with van der Waals surface area (Å²) in [6, 6.07) is 6.89. The SMILES string of the molecule is CN1CCCC(Nc2ccc3oc(C4CC4)nc3c2)CC1. The van der Waals surface area contributed by atoms with Crippen LogP contribution in [0, 0.1) is 0 Å². The quantitative estimate of drug-likeness (QED) is 0.935. The molecule has 2 fully saturated rings. The first-order chi connectivity index (χ1) is 10.3. The number of anilines is 1. The lowest BCUT2D eigenvalue weighted by molar-refractivity contribution is 0.348. The Morgan fingerprint density at radius 2 is 2.10 bits per heavy atom. The van der Waals surface area contributed by atoms with E-state index in [0.717, 1.165) is 17.0 Å². The highest BCUT2D eigenvalue weighted by molar-refractivity contribution is 5.77. The summed E-state index contributed by atoms with van der Waals surface area (Å²) < 4.78 is 5.83. The van der Waals surface area contributed by atoms with Crippen molar-refractivity contribution in [3.63, 3.8) is 0 Å². The minimum atomic E-state index is 0.571. The first-order valence-electron chi connectivity index (χ1n) is 8.13. The minimum Gasteiger partial charge on any atom is -0.440 e. The van der Waals surface area contributed by atoms with Crippen LogP contribution in [0.1, 0.15) is 43.9 Å². The number of oxazole rings is 1. The molecule has 2 heterocycles. The topological polar surface area (TPSA) is 41.3 Å². The number of benzene rings is 1. The fourth-order valence-corrected chi connectivity index (χ4v) is 3.16. The predicted molar refractivity (Wildman–Crippen MR) is 84.7 cm³/mol. The molecule has 4 heteroatoms. The summed E-state index contributed by atoms with van der Waals surface area (Å²) in [5, 5.41) is 3.68. The van der Waals surface area contributed by atoms with Gasteiger partial charge >= 0.3 is 0 Å². The van der Waals surface area contributed by atoms with Gasteiger partial charge in [-0.2, -0.15) is 0 Å². The van der Waals surface area contributed by atoms with Crippen LogP contribution in [-0.2, 0) is 0 Å². The van der Waals surface area contributed by atoms with Crippen molar-refractivity contribution >= 4 is 16.8 Å². The molecule has 21 heavy (non-hydrogen) atoms. The highest BCUT2D eigenvalue weighted by atomic mass is 16.3. The van der Waals surface area contributed by atoms with E-state index in [2.05, 4.69) is 40.4 Å². The molecule has 0 radical (unpaired) electrons. The predicted octanol–water partition coefficient (Wildman–Crippen LogP) is 3.60. The lowest BCUT2D eigenvalue weighted by Gasteiger charge is -2.17. The first kappa shape index (κ1) is 13.1. The largest absolute Gasteiger partial charge is 0.440 e. The summed E-state index contributed by atoms with van der Waals surface area (Å²) in [6.45, 7) is 2.39. The number of rotatable bonds is 3. The summed E-state index contributed by atoms with van der Waals surface area (Å²) in [5.74, 6) is 1.50. The maximum Gasteiger partial charge on any atom is 0.198 e. The van der Waals surface area contributed by atoms with E-state index in [4.69, 9.17) is 4.42 Å². The van der Waals surface area contributed by atoms with Crippen LogP contribution in [0.2, 0.25) is 0 Å². The number of hydrogen-bond donors (Lipinski definition) is 1. The molecule has 4 nitrogen and oxygen atoms in total. The molecule has 1 saturated carbocycles. The fraction of sp³-hybridized carbons (Fsp3) is 0.588. The summed E-state index contributed by atoms with van der Waals surface area (Å²) >= 11 is 0. The van der Waals surface area contributed by atoms with E-state index in [-0.39, 0.29) is 0 Å². The maximum atomic E-state index is 5.83. The van der Waals surface area contributed by atoms with Crippen molar-refractivity contribution < 1.29 is 4.42 Å². The summed E-state index contributed by atoms with van der Waals surface area (Å²) in [6.07, 6.45) is 6.18. The van der Waals surface area contributed by atoms with E-state index in [1.54, 1.807) is 0 Å². The molecule has 1 aromatic heterocycles. The Bertz CT molecular complexity index is 632. The number of hydrogen-bond acceptors (Lipinski definition) is 4. The van der Waals surface area contributed by atoms with Crippen molar-refractivity contribution in [2.75, 3.05) is 25.5 Å². The molecule has 1 N–H and O–H groups in total. The van der Waals surface area contributed by atoms with Crippen LogP contribution in [0.5, 0.6) is 0 Å². The zero-order chi connectivity index (χ0) is 14.2. The van der Waals surface area contributed by atoms with Crippen LogP contribution in [0.25, 0.3) is 11.1 Å². The van der Waals surface area contributed by atoms with Crippen molar-refractivity contribution in [3.8, 4) is 0 Å². The zero-order valence-electron chi connectivity index (χ0n) is 12.6. The number of nitrogens with zero attached hydrogens (tertiary/aromatic N) is 2. The average molecular weight is 285 g/mol. The molecule has 2 aromatic rings. The minimum absolute atomic E-state index is 0.571. The summed E-state index contributed by atoms with van der Waals surface area (Å²) in [4.78, 5) is 7.07. The van der Waals surface area contributed by atoms with Crippen molar-refractivity contribution in [2.45, 2.75) is 44.1 Å². The molecule has 1 saturated heterocycles. The zero-order valence-corrected chi connectivity index (χ0v) is 12.6. The third-order valence-corrected chi connectivity index (χ3v) is 4.65. The molecule has 0 amide bonds. The molecular formula is C17H23N3O. The van der Waals surface area contributed by atoms with E-state index in [0.29, 0.717) is 12.0 Å². The number of aromatic nitrogens is 1. The van der Waals surface area contributed by atoms with Gasteiger partial charge in [-0.3, -0.25) is 0 Å². The highest BCUT2D eigenvalue weighted by Gasteiger charge is 2.28. The van der Waals surface area contributed by atoms with Gasteiger partial charge in [0.15, 0.2) is 11.5 Å². The standard InChI is InChI=1S/C17H23N3O/c1-20-9-2-3-13(8-10-20)18-14-6-7-16-15(11-14)19-17(21-16)12-4-5-12/h6-7,11-13,18H,2-5,8-10H2,1H3. The molecule has 1 aromatic carbocycles. The van der Waals surface area contributed by atoms with E-state index in [1.165, 1.54) is 50.9 Å². The maximum absolute atomic E-state index is 5.83. The molecule has 1 unspecified atom stereocenters. The van der Waals surface area contributed by atoms with Crippen LogP contribution in [-0.4, -0.2) is 36.1 Å². The van der Waals surface area contributed by atoms with Crippen LogP contribution in [0.4, 0.5) is 5.69 Å². The van der Waals surface area contributed by atoms with Gasteiger partial charge in [-0.1, -0.05) is 0 Å². The van der Waals surface area contributed by atoms with Gasteiger partial charge in [-0.25, -0.2) is 4.98 Å². The molecule has 112 valence electrons. The van der Waals surface area contributed by atoms with Gasteiger partial charge in [0.05, 0.1) is 0 Å². The summed E-state index contributed by atoms with van der Waals surface area (Å²) in [7, 11) is 2.21. The Balaban J connectivity index is 1.50. The van der Waals surface area contributed by atoms with Crippen molar-refractivity contribution in [1.29, 1.82) is 0 Å². The number of likely N-dealkylation sites (tertiary alicyclic amines) is 1. The Labute approximate surface area is 125 Å². The van der Waals surface area contributed by atoms with Crippen LogP contribution in [0.3, 0.4) is 0 Å². The Morgan fingerprint density at radius 3 is 2.95 bits per heavy atom. The van der Waals surface area contributed by atoms with Crippen molar-refractivity contribution in [1.82, 2.24) is 9.88 Å². The van der Waals surface area contributed by atoms with E-state index < -0.39 is 0 Å². The fourth-order valence-electron chi connectivity index (χ4n) is 3.16. The van der Waals surface area contributed by atoms with Gasteiger partial charge in [-0.15, -0.1) is 0 Å². The normalized spacial score (nSPS) is 24.1. The van der Waals surface area contributed by atoms with Gasteiger partial charge < -0.3 is 14.6 Å². The third kappa shape index (κ3) is 2.91. The van der Waals surface area contributed by atoms with Crippen LogP contribution >= 0.6 is 0 Å². The molecule has 4 rings (SSSR count). The van der Waals surface area contributed by atoms with Crippen LogP contribution < -0.4 is 5.32 Å². The lowest BCUT2D eigenvalue weighted by Crippen LogP contribution is -2.22. The first-order valence-corrected chi connectivity index (χ1v) is 8.13. The van der Waals surface area contributed by atoms with Gasteiger partial charge in [0.1, 0.15) is 5.52 Å². The van der Waals surface area contributed by atoms with E-state index in [1.807, 2.05) is 0 Å². The Hall–Kier alpha value is -1.55. The van der Waals surface area contributed by atoms with E-state index in [9.17, 15) is 0 Å². The Morgan fingerprint density at radius 1 is 1.19 bits per heavy atom. The Kier molecular flexibility index (Phi) is 3.34. The second-order valence-electron chi connectivity index (χ2n) is 6.58.